The van der Waals surface area contributed by atoms with E-state index in [9.17, 15) is 10.1 Å². The van der Waals surface area contributed by atoms with Crippen molar-refractivity contribution in [1.82, 2.24) is 4.98 Å². The molecule has 0 radical (unpaired) electrons. The number of nitrogens with zero attached hydrogens (tertiary/aromatic N) is 3. The van der Waals surface area contributed by atoms with Gasteiger partial charge in [0.2, 0.25) is 0 Å². The Kier molecular flexibility index (Phi) is 3.77. The number of hydrogen-bond acceptors (Lipinski definition) is 6. The van der Waals surface area contributed by atoms with E-state index < -0.39 is 4.92 Å². The largest absolute Gasteiger partial charge is 0.493 e. The third kappa shape index (κ3) is 2.81. The molecule has 0 saturated carbocycles. The van der Waals surface area contributed by atoms with Crippen LogP contribution >= 0.6 is 0 Å². The summed E-state index contributed by atoms with van der Waals surface area (Å²) in [7, 11) is 1.44. The first-order chi connectivity index (χ1) is 9.63. The van der Waals surface area contributed by atoms with E-state index in [4.69, 9.17) is 14.7 Å². The van der Waals surface area contributed by atoms with Crippen LogP contribution in [0.15, 0.2) is 36.5 Å². The molecule has 0 N–H and O–H groups in total. The highest BCUT2D eigenvalue weighted by atomic mass is 16.6. The molecule has 0 atom stereocenters. The van der Waals surface area contributed by atoms with Crippen LogP contribution in [0, 0.1) is 21.4 Å². The summed E-state index contributed by atoms with van der Waals surface area (Å²) in [5, 5.41) is 19.4. The van der Waals surface area contributed by atoms with Crippen molar-refractivity contribution >= 4 is 5.69 Å². The SMILES string of the molecule is COc1ccc([N+](=O)[O-])cc1Oc1ccc(C#N)nc1. The number of benzene rings is 1. The van der Waals surface area contributed by atoms with Crippen molar-refractivity contribution in [3.05, 3.63) is 52.3 Å². The first-order valence-electron chi connectivity index (χ1n) is 5.50. The highest BCUT2D eigenvalue weighted by molar-refractivity contribution is 5.50. The van der Waals surface area contributed by atoms with Crippen LogP contribution in [0.3, 0.4) is 0 Å². The predicted molar refractivity (Wildman–Crippen MR) is 68.7 cm³/mol. The second-order valence-corrected chi connectivity index (χ2v) is 3.69. The maximum atomic E-state index is 10.7. The van der Waals surface area contributed by atoms with Crippen LogP contribution in [-0.4, -0.2) is 17.0 Å². The molecule has 1 aromatic heterocycles. The van der Waals surface area contributed by atoms with Crippen LogP contribution in [0.1, 0.15) is 5.69 Å². The van der Waals surface area contributed by atoms with Gasteiger partial charge in [-0.2, -0.15) is 5.26 Å². The average molecular weight is 271 g/mol. The predicted octanol–water partition coefficient (Wildman–Crippen LogP) is 2.66. The molecule has 0 aliphatic heterocycles. The molecular formula is C13H9N3O4. The maximum absolute atomic E-state index is 10.7. The summed E-state index contributed by atoms with van der Waals surface area (Å²) in [4.78, 5) is 14.1. The lowest BCUT2D eigenvalue weighted by Crippen LogP contribution is -1.94. The van der Waals surface area contributed by atoms with E-state index in [1.807, 2.05) is 6.07 Å². The summed E-state index contributed by atoms with van der Waals surface area (Å²) in [5.74, 6) is 0.913. The summed E-state index contributed by atoms with van der Waals surface area (Å²) in [5.41, 5.74) is 0.144. The Morgan fingerprint density at radius 3 is 2.65 bits per heavy atom. The zero-order valence-corrected chi connectivity index (χ0v) is 10.4. The Labute approximate surface area is 114 Å². The fourth-order valence-electron chi connectivity index (χ4n) is 1.49. The molecule has 0 aliphatic rings. The van der Waals surface area contributed by atoms with Gasteiger partial charge >= 0.3 is 0 Å². The van der Waals surface area contributed by atoms with Gasteiger partial charge in [-0.1, -0.05) is 0 Å². The molecule has 0 amide bonds. The molecular weight excluding hydrogens is 262 g/mol. The van der Waals surface area contributed by atoms with Gasteiger partial charge in [0.05, 0.1) is 24.3 Å². The highest BCUT2D eigenvalue weighted by Gasteiger charge is 2.13. The molecule has 7 nitrogen and oxygen atoms in total. The molecule has 2 aromatic rings. The van der Waals surface area contributed by atoms with Crippen molar-refractivity contribution in [3.8, 4) is 23.3 Å². The average Bonchev–Trinajstić information content (AvgIpc) is 2.48. The Morgan fingerprint density at radius 1 is 1.30 bits per heavy atom. The lowest BCUT2D eigenvalue weighted by atomic mass is 10.3. The third-order valence-electron chi connectivity index (χ3n) is 2.44. The van der Waals surface area contributed by atoms with Gasteiger partial charge < -0.3 is 9.47 Å². The minimum absolute atomic E-state index is 0.109. The first kappa shape index (κ1) is 13.3. The molecule has 2 rings (SSSR count). The number of rotatable bonds is 4. The number of nitriles is 1. The van der Waals surface area contributed by atoms with Gasteiger partial charge in [-0.25, -0.2) is 4.98 Å². The Balaban J connectivity index is 2.33. The van der Waals surface area contributed by atoms with E-state index >= 15 is 0 Å². The number of ether oxygens (including phenoxy) is 2. The monoisotopic (exact) mass is 271 g/mol. The maximum Gasteiger partial charge on any atom is 0.273 e. The van der Waals surface area contributed by atoms with Crippen molar-refractivity contribution in [3.63, 3.8) is 0 Å². The Morgan fingerprint density at radius 2 is 2.10 bits per heavy atom. The fraction of sp³-hybridized carbons (Fsp3) is 0.0769. The van der Waals surface area contributed by atoms with E-state index in [1.165, 1.54) is 37.6 Å². The van der Waals surface area contributed by atoms with Gasteiger partial charge in [-0.3, -0.25) is 10.1 Å². The summed E-state index contributed by atoms with van der Waals surface area (Å²) >= 11 is 0. The zero-order valence-electron chi connectivity index (χ0n) is 10.4. The number of methoxy groups -OCH3 is 1. The minimum Gasteiger partial charge on any atom is -0.493 e. The minimum atomic E-state index is -0.524. The van der Waals surface area contributed by atoms with Crippen molar-refractivity contribution in [1.29, 1.82) is 5.26 Å². The number of nitro groups is 1. The number of aromatic nitrogens is 1. The molecule has 0 bridgehead atoms. The van der Waals surface area contributed by atoms with Crippen LogP contribution in [-0.2, 0) is 0 Å². The highest BCUT2D eigenvalue weighted by Crippen LogP contribution is 2.34. The van der Waals surface area contributed by atoms with Crippen LogP contribution in [0.5, 0.6) is 17.2 Å². The van der Waals surface area contributed by atoms with Crippen LogP contribution in [0.25, 0.3) is 0 Å². The smallest absolute Gasteiger partial charge is 0.273 e. The summed E-state index contributed by atoms with van der Waals surface area (Å²) in [6.45, 7) is 0. The van der Waals surface area contributed by atoms with E-state index in [0.29, 0.717) is 11.5 Å². The topological polar surface area (TPSA) is 98.3 Å². The van der Waals surface area contributed by atoms with Gasteiger partial charge in [0, 0.05) is 6.07 Å². The molecule has 0 spiro atoms. The van der Waals surface area contributed by atoms with Crippen molar-refractivity contribution < 1.29 is 14.4 Å². The number of nitro benzene ring substituents is 1. The zero-order chi connectivity index (χ0) is 14.5. The van der Waals surface area contributed by atoms with Gasteiger partial charge in [-0.05, 0) is 18.2 Å². The van der Waals surface area contributed by atoms with Gasteiger partial charge in [0.1, 0.15) is 17.5 Å². The third-order valence-corrected chi connectivity index (χ3v) is 2.44. The van der Waals surface area contributed by atoms with E-state index in [2.05, 4.69) is 4.98 Å². The molecule has 0 fully saturated rings. The second kappa shape index (κ2) is 5.67. The molecule has 7 heteroatoms. The fourth-order valence-corrected chi connectivity index (χ4v) is 1.49. The quantitative estimate of drug-likeness (QED) is 0.626. The Hall–Kier alpha value is -3.14. The standard InChI is InChI=1S/C13H9N3O4/c1-19-12-5-3-10(16(17)18)6-13(12)20-11-4-2-9(7-14)15-8-11/h2-6,8H,1H3. The first-order valence-corrected chi connectivity index (χ1v) is 5.50. The number of hydrogen-bond donors (Lipinski definition) is 0. The molecule has 0 unspecified atom stereocenters. The molecule has 0 saturated heterocycles. The molecule has 1 heterocycles. The normalized spacial score (nSPS) is 9.60. The van der Waals surface area contributed by atoms with E-state index in [-0.39, 0.29) is 17.1 Å². The van der Waals surface area contributed by atoms with Crippen molar-refractivity contribution in [2.75, 3.05) is 7.11 Å². The van der Waals surface area contributed by atoms with E-state index in [1.54, 1.807) is 6.07 Å². The van der Waals surface area contributed by atoms with Crippen molar-refractivity contribution in [2.45, 2.75) is 0 Å². The molecule has 100 valence electrons. The van der Waals surface area contributed by atoms with Crippen LogP contribution in [0.2, 0.25) is 0 Å². The summed E-state index contributed by atoms with van der Waals surface area (Å²) in [6.07, 6.45) is 1.36. The summed E-state index contributed by atoms with van der Waals surface area (Å²) in [6, 6.07) is 8.95. The van der Waals surface area contributed by atoms with Gasteiger partial charge in [0.25, 0.3) is 5.69 Å². The summed E-state index contributed by atoms with van der Waals surface area (Å²) < 4.78 is 10.6. The van der Waals surface area contributed by atoms with Crippen LogP contribution < -0.4 is 9.47 Å². The van der Waals surface area contributed by atoms with Crippen LogP contribution in [0.4, 0.5) is 5.69 Å². The lowest BCUT2D eigenvalue weighted by molar-refractivity contribution is -0.384. The van der Waals surface area contributed by atoms with Gasteiger partial charge in [-0.15, -0.1) is 0 Å². The van der Waals surface area contributed by atoms with E-state index in [0.717, 1.165) is 0 Å². The number of pyridine rings is 1. The number of non-ortho nitro benzene ring substituents is 1. The van der Waals surface area contributed by atoms with Crippen molar-refractivity contribution in [2.24, 2.45) is 0 Å². The molecule has 0 aliphatic carbocycles. The second-order valence-electron chi connectivity index (χ2n) is 3.69. The molecule has 20 heavy (non-hydrogen) atoms. The lowest BCUT2D eigenvalue weighted by Gasteiger charge is -2.09. The Bertz CT molecular complexity index is 677. The molecule has 1 aromatic carbocycles. The van der Waals surface area contributed by atoms with Gasteiger partial charge in [0.15, 0.2) is 11.5 Å².